The van der Waals surface area contributed by atoms with Crippen molar-refractivity contribution in [3.63, 3.8) is 0 Å². The second-order valence-corrected chi connectivity index (χ2v) is 4.46. The van der Waals surface area contributed by atoms with Crippen molar-refractivity contribution in [3.8, 4) is 17.5 Å². The van der Waals surface area contributed by atoms with Crippen molar-refractivity contribution in [1.82, 2.24) is 19.9 Å². The Balaban J connectivity index is 2.27. The van der Waals surface area contributed by atoms with Gasteiger partial charge in [-0.3, -0.25) is 19.7 Å². The molecule has 2 rings (SSSR count). The molecule has 0 N–H and O–H groups in total. The summed E-state index contributed by atoms with van der Waals surface area (Å²) in [7, 11) is 1.58. The van der Waals surface area contributed by atoms with Gasteiger partial charge < -0.3 is 4.90 Å². The van der Waals surface area contributed by atoms with Gasteiger partial charge in [-0.2, -0.15) is 5.26 Å². The molecular formula is C15H15N5O. The molecule has 106 valence electrons. The maximum atomic E-state index is 12.0. The monoisotopic (exact) mass is 281 g/mol. The van der Waals surface area contributed by atoms with Crippen molar-refractivity contribution >= 4 is 5.91 Å². The van der Waals surface area contributed by atoms with Crippen LogP contribution in [0.5, 0.6) is 0 Å². The van der Waals surface area contributed by atoms with E-state index in [0.29, 0.717) is 11.3 Å². The van der Waals surface area contributed by atoms with Crippen LogP contribution in [0.25, 0.3) is 11.4 Å². The van der Waals surface area contributed by atoms with Gasteiger partial charge in [0, 0.05) is 25.6 Å². The predicted molar refractivity (Wildman–Crippen MR) is 77.2 cm³/mol. The van der Waals surface area contributed by atoms with Crippen molar-refractivity contribution in [2.24, 2.45) is 0 Å². The number of nitriles is 1. The number of nitrogens with zero attached hydrogens (tertiary/aromatic N) is 5. The number of carbonyl (C=O) groups excluding carboxylic acids is 1. The van der Waals surface area contributed by atoms with E-state index < -0.39 is 0 Å². The Bertz CT molecular complexity index is 675. The number of amides is 1. The first kappa shape index (κ1) is 14.6. The molecule has 1 amide bonds. The Hall–Kier alpha value is -2.81. The molecule has 0 radical (unpaired) electrons. The van der Waals surface area contributed by atoms with Crippen LogP contribution in [0.3, 0.4) is 0 Å². The van der Waals surface area contributed by atoms with E-state index in [1.807, 2.05) is 13.0 Å². The van der Waals surface area contributed by atoms with E-state index >= 15 is 0 Å². The molecule has 0 atom stereocenters. The molecule has 2 heterocycles. The first-order valence-electron chi connectivity index (χ1n) is 6.56. The smallest absolute Gasteiger partial charge is 0.256 e. The summed E-state index contributed by atoms with van der Waals surface area (Å²) in [4.78, 5) is 26.2. The number of hydrogen-bond donors (Lipinski definition) is 0. The van der Waals surface area contributed by atoms with E-state index in [1.165, 1.54) is 11.1 Å². The maximum Gasteiger partial charge on any atom is 0.256 e. The summed E-state index contributed by atoms with van der Waals surface area (Å²) in [6.45, 7) is 2.05. The number of pyridine rings is 1. The molecule has 2 aromatic rings. The van der Waals surface area contributed by atoms with Gasteiger partial charge in [0.1, 0.15) is 12.2 Å². The molecule has 6 nitrogen and oxygen atoms in total. The van der Waals surface area contributed by atoms with E-state index in [-0.39, 0.29) is 12.5 Å². The number of rotatable bonds is 4. The van der Waals surface area contributed by atoms with Crippen LogP contribution in [0.4, 0.5) is 0 Å². The standard InChI is InChI=1S/C15H15N5O/c1-3-12-14(18-8-7-17-12)13-5-4-11(10-19-13)15(21)20(2)9-6-16/h4-5,7-8,10H,3,9H2,1-2H3. The normalized spacial score (nSPS) is 9.95. The molecule has 2 aromatic heterocycles. The van der Waals surface area contributed by atoms with E-state index in [1.54, 1.807) is 31.6 Å². The molecule has 0 saturated carbocycles. The van der Waals surface area contributed by atoms with Crippen LogP contribution < -0.4 is 0 Å². The quantitative estimate of drug-likeness (QED) is 0.796. The average molecular weight is 281 g/mol. The van der Waals surface area contributed by atoms with Crippen molar-refractivity contribution in [2.45, 2.75) is 13.3 Å². The largest absolute Gasteiger partial charge is 0.328 e. The van der Waals surface area contributed by atoms with Gasteiger partial charge in [0.15, 0.2) is 0 Å². The Morgan fingerprint density at radius 1 is 1.29 bits per heavy atom. The van der Waals surface area contributed by atoms with Crippen LogP contribution in [-0.2, 0) is 6.42 Å². The van der Waals surface area contributed by atoms with Gasteiger partial charge in [-0.15, -0.1) is 0 Å². The van der Waals surface area contributed by atoms with Gasteiger partial charge in [-0.05, 0) is 18.6 Å². The summed E-state index contributed by atoms with van der Waals surface area (Å²) in [6, 6.07) is 5.37. The SMILES string of the molecule is CCc1nccnc1-c1ccc(C(=O)N(C)CC#N)cn1. The molecule has 0 aliphatic heterocycles. The van der Waals surface area contributed by atoms with Gasteiger partial charge in [-0.25, -0.2) is 0 Å². The van der Waals surface area contributed by atoms with Crippen LogP contribution in [0, 0.1) is 11.3 Å². The zero-order valence-electron chi connectivity index (χ0n) is 11.9. The van der Waals surface area contributed by atoms with Crippen molar-refractivity contribution < 1.29 is 4.79 Å². The second-order valence-electron chi connectivity index (χ2n) is 4.46. The summed E-state index contributed by atoms with van der Waals surface area (Å²) in [6.07, 6.45) is 5.53. The van der Waals surface area contributed by atoms with Gasteiger partial charge in [0.05, 0.1) is 23.0 Å². The summed E-state index contributed by atoms with van der Waals surface area (Å²) in [5.74, 6) is -0.231. The molecule has 0 fully saturated rings. The van der Waals surface area contributed by atoms with E-state index in [0.717, 1.165) is 17.8 Å². The third-order valence-corrected chi connectivity index (χ3v) is 3.02. The number of carbonyl (C=O) groups is 1. The third-order valence-electron chi connectivity index (χ3n) is 3.02. The molecule has 0 bridgehead atoms. The molecule has 0 aromatic carbocycles. The first-order chi connectivity index (χ1) is 10.2. The minimum atomic E-state index is -0.231. The lowest BCUT2D eigenvalue weighted by molar-refractivity contribution is 0.0811. The number of aromatic nitrogens is 3. The van der Waals surface area contributed by atoms with Crippen LogP contribution in [-0.4, -0.2) is 39.4 Å². The predicted octanol–water partition coefficient (Wildman–Crippen LogP) is 1.70. The lowest BCUT2D eigenvalue weighted by Crippen LogP contribution is -2.27. The average Bonchev–Trinajstić information content (AvgIpc) is 2.54. The fraction of sp³-hybridized carbons (Fsp3) is 0.267. The van der Waals surface area contributed by atoms with Crippen molar-refractivity contribution in [1.29, 1.82) is 5.26 Å². The topological polar surface area (TPSA) is 82.8 Å². The summed E-state index contributed by atoms with van der Waals surface area (Å²) in [5, 5.41) is 8.61. The second kappa shape index (κ2) is 6.57. The molecule has 0 unspecified atom stereocenters. The van der Waals surface area contributed by atoms with Crippen LogP contribution in [0.2, 0.25) is 0 Å². The molecule has 0 aliphatic rings. The summed E-state index contributed by atoms with van der Waals surface area (Å²) < 4.78 is 0. The molecule has 21 heavy (non-hydrogen) atoms. The Morgan fingerprint density at radius 3 is 2.67 bits per heavy atom. The number of hydrogen-bond acceptors (Lipinski definition) is 5. The first-order valence-corrected chi connectivity index (χ1v) is 6.56. The molecule has 0 saturated heterocycles. The molecule has 0 aliphatic carbocycles. The summed E-state index contributed by atoms with van der Waals surface area (Å²) >= 11 is 0. The van der Waals surface area contributed by atoms with Gasteiger partial charge >= 0.3 is 0 Å². The Kier molecular flexibility index (Phi) is 4.57. The molecule has 0 spiro atoms. The van der Waals surface area contributed by atoms with Gasteiger partial charge in [-0.1, -0.05) is 6.92 Å². The maximum absolute atomic E-state index is 12.0. The third kappa shape index (κ3) is 3.20. The summed E-state index contributed by atoms with van der Waals surface area (Å²) in [5.41, 5.74) is 2.72. The van der Waals surface area contributed by atoms with Crippen molar-refractivity contribution in [3.05, 3.63) is 42.0 Å². The van der Waals surface area contributed by atoms with Crippen LogP contribution in [0.15, 0.2) is 30.7 Å². The fourth-order valence-electron chi connectivity index (χ4n) is 1.90. The van der Waals surface area contributed by atoms with E-state index in [9.17, 15) is 4.79 Å². The molecular weight excluding hydrogens is 266 g/mol. The minimum absolute atomic E-state index is 0.0464. The zero-order chi connectivity index (χ0) is 15.2. The lowest BCUT2D eigenvalue weighted by Gasteiger charge is -2.13. The van der Waals surface area contributed by atoms with Crippen molar-refractivity contribution in [2.75, 3.05) is 13.6 Å². The minimum Gasteiger partial charge on any atom is -0.328 e. The fourth-order valence-corrected chi connectivity index (χ4v) is 1.90. The van der Waals surface area contributed by atoms with E-state index in [4.69, 9.17) is 5.26 Å². The Labute approximate surface area is 123 Å². The van der Waals surface area contributed by atoms with Crippen LogP contribution >= 0.6 is 0 Å². The van der Waals surface area contributed by atoms with Crippen LogP contribution in [0.1, 0.15) is 23.0 Å². The molecule has 6 heteroatoms. The highest BCUT2D eigenvalue weighted by Gasteiger charge is 2.13. The lowest BCUT2D eigenvalue weighted by atomic mass is 10.1. The Morgan fingerprint density at radius 2 is 2.05 bits per heavy atom. The number of aryl methyl sites for hydroxylation is 1. The highest BCUT2D eigenvalue weighted by atomic mass is 16.2. The van der Waals surface area contributed by atoms with Gasteiger partial charge in [0.25, 0.3) is 5.91 Å². The zero-order valence-corrected chi connectivity index (χ0v) is 11.9. The van der Waals surface area contributed by atoms with E-state index in [2.05, 4.69) is 15.0 Å². The highest BCUT2D eigenvalue weighted by Crippen LogP contribution is 2.18. The highest BCUT2D eigenvalue weighted by molar-refractivity contribution is 5.94. The van der Waals surface area contributed by atoms with Gasteiger partial charge in [0.2, 0.25) is 0 Å².